The topological polar surface area (TPSA) is 55.8 Å². The highest BCUT2D eigenvalue weighted by Crippen LogP contribution is 2.48. The summed E-state index contributed by atoms with van der Waals surface area (Å²) in [5, 5.41) is 9.84. The predicted molar refractivity (Wildman–Crippen MR) is 69.0 cm³/mol. The summed E-state index contributed by atoms with van der Waals surface area (Å²) in [5.74, 6) is -1.74. The molecular weight excluding hydrogens is 268 g/mol. The summed E-state index contributed by atoms with van der Waals surface area (Å²) < 4.78 is 11.7. The summed E-state index contributed by atoms with van der Waals surface area (Å²) in [6, 6.07) is 7.16. The van der Waals surface area contributed by atoms with Crippen LogP contribution in [0.2, 0.25) is 5.02 Å². The number of carboxylic acid groups (broad SMARTS) is 1. The molecule has 2 fully saturated rings. The van der Waals surface area contributed by atoms with Crippen LogP contribution in [-0.4, -0.2) is 23.0 Å². The monoisotopic (exact) mass is 282 g/mol. The van der Waals surface area contributed by atoms with Crippen LogP contribution in [0.25, 0.3) is 0 Å². The summed E-state index contributed by atoms with van der Waals surface area (Å²) >= 11 is 6.14. The first kappa shape index (κ1) is 12.9. The van der Waals surface area contributed by atoms with Gasteiger partial charge in [0.2, 0.25) is 0 Å². The van der Waals surface area contributed by atoms with Crippen LogP contribution in [0.3, 0.4) is 0 Å². The van der Waals surface area contributed by atoms with Gasteiger partial charge in [-0.15, -0.1) is 0 Å². The fourth-order valence-electron chi connectivity index (χ4n) is 2.88. The standard InChI is InChI=1S/C14H15ClO4/c15-10-6-2-1-5-9(10)11-12(13(16)17)19-14(18-11)7-3-4-8-14/h1-2,5-6,11-12H,3-4,7-8H2,(H,16,17)/t11-,12+/m0/s1. The Morgan fingerprint density at radius 2 is 1.95 bits per heavy atom. The van der Waals surface area contributed by atoms with Crippen molar-refractivity contribution < 1.29 is 19.4 Å². The van der Waals surface area contributed by atoms with Gasteiger partial charge in [0.15, 0.2) is 11.9 Å². The zero-order chi connectivity index (χ0) is 13.5. The van der Waals surface area contributed by atoms with Crippen molar-refractivity contribution in [1.29, 1.82) is 0 Å². The second-order valence-electron chi connectivity index (χ2n) is 5.05. The minimum Gasteiger partial charge on any atom is -0.479 e. The molecule has 4 nitrogen and oxygen atoms in total. The fourth-order valence-corrected chi connectivity index (χ4v) is 3.12. The van der Waals surface area contributed by atoms with Crippen molar-refractivity contribution in [1.82, 2.24) is 0 Å². The zero-order valence-corrected chi connectivity index (χ0v) is 11.1. The van der Waals surface area contributed by atoms with Crippen LogP contribution in [0, 0.1) is 0 Å². The largest absolute Gasteiger partial charge is 0.479 e. The van der Waals surface area contributed by atoms with E-state index >= 15 is 0 Å². The Hall–Kier alpha value is -1.10. The molecule has 2 aliphatic rings. The van der Waals surface area contributed by atoms with Gasteiger partial charge in [-0.3, -0.25) is 0 Å². The number of halogens is 1. The normalized spacial score (nSPS) is 28.9. The molecule has 1 heterocycles. The van der Waals surface area contributed by atoms with Crippen molar-refractivity contribution in [3.05, 3.63) is 34.9 Å². The molecule has 0 bridgehead atoms. The molecule has 1 aromatic carbocycles. The summed E-state index contributed by atoms with van der Waals surface area (Å²) in [7, 11) is 0. The van der Waals surface area contributed by atoms with Crippen LogP contribution in [0.15, 0.2) is 24.3 Å². The van der Waals surface area contributed by atoms with Gasteiger partial charge < -0.3 is 14.6 Å². The number of carbonyl (C=O) groups is 1. The van der Waals surface area contributed by atoms with Gasteiger partial charge in [0.25, 0.3) is 0 Å². The van der Waals surface area contributed by atoms with E-state index in [0.717, 1.165) is 25.7 Å². The highest BCUT2D eigenvalue weighted by Gasteiger charge is 2.52. The van der Waals surface area contributed by atoms with E-state index in [1.54, 1.807) is 12.1 Å². The maximum Gasteiger partial charge on any atom is 0.336 e. The molecule has 1 spiro atoms. The number of rotatable bonds is 2. The highest BCUT2D eigenvalue weighted by atomic mass is 35.5. The second-order valence-corrected chi connectivity index (χ2v) is 5.46. The van der Waals surface area contributed by atoms with Gasteiger partial charge in [-0.2, -0.15) is 0 Å². The number of hydrogen-bond donors (Lipinski definition) is 1. The Balaban J connectivity index is 1.95. The molecule has 1 N–H and O–H groups in total. The number of aliphatic carboxylic acids is 1. The molecule has 19 heavy (non-hydrogen) atoms. The third-order valence-electron chi connectivity index (χ3n) is 3.78. The predicted octanol–water partition coefficient (Wildman–Crippen LogP) is 3.15. The first-order chi connectivity index (χ1) is 9.11. The second kappa shape index (κ2) is 4.78. The minimum atomic E-state index is -1.01. The molecule has 0 aromatic heterocycles. The molecule has 2 atom stereocenters. The first-order valence-electron chi connectivity index (χ1n) is 6.44. The Morgan fingerprint density at radius 1 is 1.26 bits per heavy atom. The van der Waals surface area contributed by atoms with Crippen molar-refractivity contribution in [3.63, 3.8) is 0 Å². The Bertz CT molecular complexity index is 496. The van der Waals surface area contributed by atoms with E-state index in [0.29, 0.717) is 10.6 Å². The number of carboxylic acids is 1. The molecule has 1 saturated heterocycles. The third-order valence-corrected chi connectivity index (χ3v) is 4.12. The molecular formula is C14H15ClO4. The van der Waals surface area contributed by atoms with Gasteiger partial charge >= 0.3 is 5.97 Å². The van der Waals surface area contributed by atoms with Crippen LogP contribution in [-0.2, 0) is 14.3 Å². The molecule has 0 unspecified atom stereocenters. The average molecular weight is 283 g/mol. The third kappa shape index (κ3) is 2.24. The average Bonchev–Trinajstić information content (AvgIpc) is 2.98. The van der Waals surface area contributed by atoms with Crippen molar-refractivity contribution in [2.24, 2.45) is 0 Å². The van der Waals surface area contributed by atoms with E-state index in [4.69, 9.17) is 21.1 Å². The van der Waals surface area contributed by atoms with Crippen molar-refractivity contribution in [2.45, 2.75) is 43.7 Å². The SMILES string of the molecule is O=C(O)[C@@H]1OC2(CCCC2)O[C@H]1c1ccccc1Cl. The quantitative estimate of drug-likeness (QED) is 0.905. The smallest absolute Gasteiger partial charge is 0.336 e. The van der Waals surface area contributed by atoms with E-state index in [-0.39, 0.29) is 0 Å². The molecule has 0 radical (unpaired) electrons. The van der Waals surface area contributed by atoms with Gasteiger partial charge in [0.1, 0.15) is 6.10 Å². The van der Waals surface area contributed by atoms with E-state index in [9.17, 15) is 9.90 Å². The lowest BCUT2D eigenvalue weighted by Crippen LogP contribution is -2.29. The number of benzene rings is 1. The Kier molecular flexibility index (Phi) is 3.25. The van der Waals surface area contributed by atoms with Crippen LogP contribution in [0.1, 0.15) is 37.4 Å². The molecule has 1 saturated carbocycles. The summed E-state index contributed by atoms with van der Waals surface area (Å²) in [4.78, 5) is 11.4. The van der Waals surface area contributed by atoms with Gasteiger partial charge in [0.05, 0.1) is 0 Å². The fraction of sp³-hybridized carbons (Fsp3) is 0.500. The van der Waals surface area contributed by atoms with Crippen LogP contribution in [0.4, 0.5) is 0 Å². The molecule has 102 valence electrons. The van der Waals surface area contributed by atoms with Crippen molar-refractivity contribution in [3.8, 4) is 0 Å². The van der Waals surface area contributed by atoms with Crippen molar-refractivity contribution in [2.75, 3.05) is 0 Å². The molecule has 5 heteroatoms. The number of hydrogen-bond acceptors (Lipinski definition) is 3. The number of ether oxygens (including phenoxy) is 2. The molecule has 1 aromatic rings. The molecule has 3 rings (SSSR count). The van der Waals surface area contributed by atoms with E-state index in [2.05, 4.69) is 0 Å². The zero-order valence-electron chi connectivity index (χ0n) is 10.3. The summed E-state index contributed by atoms with van der Waals surface area (Å²) in [6.45, 7) is 0. The molecule has 0 amide bonds. The van der Waals surface area contributed by atoms with Gasteiger partial charge in [-0.25, -0.2) is 4.79 Å². The lowest BCUT2D eigenvalue weighted by atomic mass is 10.0. The first-order valence-corrected chi connectivity index (χ1v) is 6.82. The maximum atomic E-state index is 11.4. The minimum absolute atomic E-state index is 0.511. The van der Waals surface area contributed by atoms with Gasteiger partial charge in [-0.05, 0) is 18.9 Å². The summed E-state index contributed by atoms with van der Waals surface area (Å²) in [6.07, 6.45) is 1.88. The van der Waals surface area contributed by atoms with Crippen LogP contribution in [0.5, 0.6) is 0 Å². The highest BCUT2D eigenvalue weighted by molar-refractivity contribution is 6.31. The van der Waals surface area contributed by atoms with Crippen molar-refractivity contribution >= 4 is 17.6 Å². The van der Waals surface area contributed by atoms with E-state index in [1.807, 2.05) is 12.1 Å². The maximum absolute atomic E-state index is 11.4. The van der Waals surface area contributed by atoms with Gasteiger partial charge in [-0.1, -0.05) is 29.8 Å². The lowest BCUT2D eigenvalue weighted by molar-refractivity contribution is -0.179. The Morgan fingerprint density at radius 3 is 2.58 bits per heavy atom. The van der Waals surface area contributed by atoms with Crippen LogP contribution < -0.4 is 0 Å². The summed E-state index contributed by atoms with van der Waals surface area (Å²) in [5.41, 5.74) is 0.681. The van der Waals surface area contributed by atoms with E-state index in [1.165, 1.54) is 0 Å². The van der Waals surface area contributed by atoms with E-state index < -0.39 is 24.0 Å². The van der Waals surface area contributed by atoms with Crippen LogP contribution >= 0.6 is 11.6 Å². The van der Waals surface area contributed by atoms with Gasteiger partial charge in [0, 0.05) is 23.4 Å². The lowest BCUT2D eigenvalue weighted by Gasteiger charge is -2.21. The Labute approximate surface area is 116 Å². The molecule has 1 aliphatic heterocycles. The molecule has 1 aliphatic carbocycles.